The molecule has 7 heteroatoms. The summed E-state index contributed by atoms with van der Waals surface area (Å²) in [4.78, 5) is 4.52. The van der Waals surface area contributed by atoms with Crippen LogP contribution in [0.1, 0.15) is 22.7 Å². The summed E-state index contributed by atoms with van der Waals surface area (Å²) in [5.74, 6) is 0. The molecule has 1 N–H and O–H groups in total. The number of hydrogen-bond donors (Lipinski definition) is 1. The van der Waals surface area contributed by atoms with E-state index in [9.17, 15) is 8.42 Å². The molecule has 0 aliphatic carbocycles. The third-order valence-corrected chi connectivity index (χ3v) is 6.25. The first-order chi connectivity index (χ1) is 11.0. The van der Waals surface area contributed by atoms with Crippen LogP contribution in [0.2, 0.25) is 0 Å². The molecule has 2 aromatic rings. The van der Waals surface area contributed by atoms with Crippen LogP contribution >= 0.6 is 12.4 Å². The van der Waals surface area contributed by atoms with Gasteiger partial charge in [0.05, 0.1) is 10.9 Å². The lowest BCUT2D eigenvalue weighted by atomic mass is 10.1. The van der Waals surface area contributed by atoms with E-state index in [-0.39, 0.29) is 18.4 Å². The van der Waals surface area contributed by atoms with E-state index >= 15 is 0 Å². The first-order valence-corrected chi connectivity index (χ1v) is 9.14. The Kier molecular flexibility index (Phi) is 5.98. The molecule has 0 spiro atoms. The number of nitrogens with one attached hydrogen (secondary N) is 1. The Morgan fingerprint density at radius 1 is 1.25 bits per heavy atom. The lowest BCUT2D eigenvalue weighted by Crippen LogP contribution is -2.48. The first-order valence-electron chi connectivity index (χ1n) is 7.70. The van der Waals surface area contributed by atoms with Crippen molar-refractivity contribution in [3.63, 3.8) is 0 Å². The lowest BCUT2D eigenvalue weighted by Gasteiger charge is -2.35. The van der Waals surface area contributed by atoms with Gasteiger partial charge in [0.25, 0.3) is 0 Å². The number of sulfonamides is 1. The van der Waals surface area contributed by atoms with Crippen molar-refractivity contribution < 1.29 is 8.42 Å². The van der Waals surface area contributed by atoms with Crippen molar-refractivity contribution in [3.8, 4) is 0 Å². The summed E-state index contributed by atoms with van der Waals surface area (Å²) in [5.41, 5.74) is 2.76. The predicted octanol–water partition coefficient (Wildman–Crippen LogP) is 2.46. The first kappa shape index (κ1) is 18.9. The Hall–Kier alpha value is -1.47. The van der Waals surface area contributed by atoms with Crippen molar-refractivity contribution in [1.29, 1.82) is 0 Å². The minimum atomic E-state index is -3.54. The molecule has 0 amide bonds. The van der Waals surface area contributed by atoms with Crippen LogP contribution in [0.15, 0.2) is 47.6 Å². The average molecular weight is 368 g/mol. The standard InChI is InChI=1S/C17H21N3O2S.ClH/c1-13-5-6-17(14(2)10-13)23(21,22)20-9-8-19-12-16(20)15-4-3-7-18-11-15;/h3-7,10-11,16,19H,8-9,12H2,1-2H3;1H. The second-order valence-electron chi connectivity index (χ2n) is 5.89. The van der Waals surface area contributed by atoms with Crippen LogP contribution in [0, 0.1) is 13.8 Å². The third-order valence-electron chi connectivity index (χ3n) is 4.18. The fourth-order valence-corrected chi connectivity index (χ4v) is 4.87. The summed E-state index contributed by atoms with van der Waals surface area (Å²) in [7, 11) is -3.54. The topological polar surface area (TPSA) is 62.3 Å². The zero-order chi connectivity index (χ0) is 16.4. The van der Waals surface area contributed by atoms with Gasteiger partial charge in [-0.3, -0.25) is 4.98 Å². The van der Waals surface area contributed by atoms with E-state index in [4.69, 9.17) is 0 Å². The molecular formula is C17H22ClN3O2S. The second-order valence-corrected chi connectivity index (χ2v) is 7.75. The molecule has 1 atom stereocenters. The average Bonchev–Trinajstić information content (AvgIpc) is 2.55. The smallest absolute Gasteiger partial charge is 0.243 e. The van der Waals surface area contributed by atoms with Crippen LogP contribution in [0.4, 0.5) is 0 Å². The van der Waals surface area contributed by atoms with Crippen LogP contribution in [0.25, 0.3) is 0 Å². The number of pyridine rings is 1. The predicted molar refractivity (Wildman–Crippen MR) is 96.9 cm³/mol. The van der Waals surface area contributed by atoms with E-state index in [1.165, 1.54) is 0 Å². The number of benzene rings is 1. The highest BCUT2D eigenvalue weighted by molar-refractivity contribution is 7.89. The van der Waals surface area contributed by atoms with Crippen molar-refractivity contribution in [2.24, 2.45) is 0 Å². The monoisotopic (exact) mass is 367 g/mol. The molecule has 1 aliphatic heterocycles. The SMILES string of the molecule is Cc1ccc(S(=O)(=O)N2CCNCC2c2cccnc2)c(C)c1.Cl. The molecule has 1 aliphatic rings. The van der Waals surface area contributed by atoms with E-state index in [2.05, 4.69) is 10.3 Å². The van der Waals surface area contributed by atoms with Crippen LogP contribution < -0.4 is 5.32 Å². The summed E-state index contributed by atoms with van der Waals surface area (Å²) in [6.07, 6.45) is 3.44. The molecule has 24 heavy (non-hydrogen) atoms. The molecule has 0 radical (unpaired) electrons. The van der Waals surface area contributed by atoms with Gasteiger partial charge >= 0.3 is 0 Å². The van der Waals surface area contributed by atoms with Gasteiger partial charge in [-0.25, -0.2) is 8.42 Å². The van der Waals surface area contributed by atoms with Crippen LogP contribution in [-0.2, 0) is 10.0 Å². The number of hydrogen-bond acceptors (Lipinski definition) is 4. The fraction of sp³-hybridized carbons (Fsp3) is 0.353. The van der Waals surface area contributed by atoms with Crippen molar-refractivity contribution in [3.05, 3.63) is 59.4 Å². The van der Waals surface area contributed by atoms with Gasteiger partial charge in [0.2, 0.25) is 10.0 Å². The molecule has 5 nitrogen and oxygen atoms in total. The zero-order valence-electron chi connectivity index (χ0n) is 13.8. The molecule has 1 saturated heterocycles. The van der Waals surface area contributed by atoms with Gasteiger partial charge in [-0.15, -0.1) is 12.4 Å². The third kappa shape index (κ3) is 3.62. The maximum absolute atomic E-state index is 13.2. The Balaban J connectivity index is 0.00000208. The van der Waals surface area contributed by atoms with E-state index in [0.29, 0.717) is 24.5 Å². The number of nitrogens with zero attached hydrogens (tertiary/aromatic N) is 2. The summed E-state index contributed by atoms with van der Waals surface area (Å²) >= 11 is 0. The number of aromatic nitrogens is 1. The summed E-state index contributed by atoms with van der Waals surface area (Å²) in [6.45, 7) is 5.51. The summed E-state index contributed by atoms with van der Waals surface area (Å²) in [6, 6.07) is 9.00. The molecule has 1 aromatic carbocycles. The quantitative estimate of drug-likeness (QED) is 0.905. The second kappa shape index (κ2) is 7.61. The van der Waals surface area contributed by atoms with Gasteiger partial charge < -0.3 is 5.32 Å². The van der Waals surface area contributed by atoms with Crippen molar-refractivity contribution in [1.82, 2.24) is 14.6 Å². The Bertz CT molecular complexity index is 797. The van der Waals surface area contributed by atoms with Crippen LogP contribution in [0.3, 0.4) is 0 Å². The maximum atomic E-state index is 13.2. The van der Waals surface area contributed by atoms with Gasteiger partial charge in [-0.2, -0.15) is 4.31 Å². The van der Waals surface area contributed by atoms with Crippen molar-refractivity contribution >= 4 is 22.4 Å². The minimum Gasteiger partial charge on any atom is -0.313 e. The van der Waals surface area contributed by atoms with E-state index in [1.54, 1.807) is 22.8 Å². The molecule has 3 rings (SSSR count). The highest BCUT2D eigenvalue weighted by atomic mass is 35.5. The summed E-state index contributed by atoms with van der Waals surface area (Å²) < 4.78 is 28.0. The largest absolute Gasteiger partial charge is 0.313 e. The maximum Gasteiger partial charge on any atom is 0.243 e. The van der Waals surface area contributed by atoms with E-state index in [1.807, 2.05) is 38.1 Å². The Labute approximate surface area is 149 Å². The molecular weight excluding hydrogens is 346 g/mol. The number of aryl methyl sites for hydroxylation is 2. The van der Waals surface area contributed by atoms with Crippen LogP contribution in [0.5, 0.6) is 0 Å². The molecule has 130 valence electrons. The molecule has 0 bridgehead atoms. The molecule has 1 aromatic heterocycles. The lowest BCUT2D eigenvalue weighted by molar-refractivity contribution is 0.271. The Morgan fingerprint density at radius 2 is 2.04 bits per heavy atom. The van der Waals surface area contributed by atoms with Crippen molar-refractivity contribution in [2.45, 2.75) is 24.8 Å². The molecule has 0 saturated carbocycles. The molecule has 2 heterocycles. The number of halogens is 1. The fourth-order valence-electron chi connectivity index (χ4n) is 3.05. The minimum absolute atomic E-state index is 0. The normalized spacial score (nSPS) is 18.8. The van der Waals surface area contributed by atoms with Crippen molar-refractivity contribution in [2.75, 3.05) is 19.6 Å². The zero-order valence-corrected chi connectivity index (χ0v) is 15.4. The van der Waals surface area contributed by atoms with E-state index < -0.39 is 10.0 Å². The Morgan fingerprint density at radius 3 is 2.71 bits per heavy atom. The number of piperazine rings is 1. The van der Waals surface area contributed by atoms with Gasteiger partial charge in [0, 0.05) is 32.0 Å². The van der Waals surface area contributed by atoms with Gasteiger partial charge in [0.15, 0.2) is 0 Å². The van der Waals surface area contributed by atoms with Gasteiger partial charge in [0.1, 0.15) is 0 Å². The highest BCUT2D eigenvalue weighted by Crippen LogP contribution is 2.30. The highest BCUT2D eigenvalue weighted by Gasteiger charge is 2.35. The van der Waals surface area contributed by atoms with E-state index in [0.717, 1.165) is 16.7 Å². The molecule has 1 fully saturated rings. The van der Waals surface area contributed by atoms with Gasteiger partial charge in [-0.1, -0.05) is 23.8 Å². The number of rotatable bonds is 3. The van der Waals surface area contributed by atoms with Crippen LogP contribution in [-0.4, -0.2) is 37.3 Å². The summed E-state index contributed by atoms with van der Waals surface area (Å²) in [5, 5.41) is 3.28. The molecule has 1 unspecified atom stereocenters. The van der Waals surface area contributed by atoms with Gasteiger partial charge in [-0.05, 0) is 37.1 Å².